The van der Waals surface area contributed by atoms with E-state index in [0.29, 0.717) is 25.5 Å². The van der Waals surface area contributed by atoms with E-state index in [-0.39, 0.29) is 12.1 Å². The Morgan fingerprint density at radius 3 is 2.57 bits per heavy atom. The molecule has 6 heteroatoms. The molecule has 0 bridgehead atoms. The van der Waals surface area contributed by atoms with Gasteiger partial charge in [-0.25, -0.2) is 14.5 Å². The molecule has 0 atom stereocenters. The lowest BCUT2D eigenvalue weighted by molar-refractivity contribution is 0.179. The van der Waals surface area contributed by atoms with E-state index in [0.717, 1.165) is 13.1 Å². The zero-order chi connectivity index (χ0) is 10.1. The average molecular weight is 218 g/mol. The molecule has 0 saturated carbocycles. The predicted octanol–water partition coefficient (Wildman–Crippen LogP) is 0.398. The van der Waals surface area contributed by atoms with Crippen LogP contribution in [-0.4, -0.2) is 65.4 Å². The van der Waals surface area contributed by atoms with Gasteiger partial charge in [0, 0.05) is 38.6 Å². The van der Waals surface area contributed by atoms with Crippen LogP contribution in [0.15, 0.2) is 0 Å². The Morgan fingerprint density at radius 1 is 1.29 bits per heavy atom. The maximum atomic E-state index is 11.6. The minimum Gasteiger partial charge on any atom is -0.321 e. The fraction of sp³-hybridized carbons (Fsp3) is 0.750. The van der Waals surface area contributed by atoms with E-state index in [2.05, 4.69) is 0 Å². The topological polar surface area (TPSA) is 43.6 Å². The summed E-state index contributed by atoms with van der Waals surface area (Å²) in [5.41, 5.74) is 0. The van der Waals surface area contributed by atoms with Crippen molar-refractivity contribution in [3.63, 3.8) is 0 Å². The van der Waals surface area contributed by atoms with Crippen LogP contribution in [0.5, 0.6) is 0 Å². The predicted molar refractivity (Wildman–Crippen MR) is 51.4 cm³/mol. The number of halogens is 1. The number of carbonyl (C=O) groups excluding carboxylic acids is 2. The van der Waals surface area contributed by atoms with Crippen LogP contribution in [0.3, 0.4) is 0 Å². The van der Waals surface area contributed by atoms with Crippen LogP contribution < -0.4 is 0 Å². The summed E-state index contributed by atoms with van der Waals surface area (Å²) in [5, 5.41) is 0. The third kappa shape index (κ3) is 1.64. The minimum absolute atomic E-state index is 0.160. The third-order valence-corrected chi connectivity index (χ3v) is 2.57. The number of hydrogen-bond donors (Lipinski definition) is 0. The highest BCUT2D eigenvalue weighted by molar-refractivity contribution is 6.18. The van der Waals surface area contributed by atoms with E-state index in [1.807, 2.05) is 0 Å². The van der Waals surface area contributed by atoms with Crippen LogP contribution in [0.2, 0.25) is 0 Å². The number of nitrogens with zero attached hydrogens (tertiary/aromatic N) is 3. The molecule has 0 N–H and O–H groups in total. The summed E-state index contributed by atoms with van der Waals surface area (Å²) in [4.78, 5) is 27.7. The highest BCUT2D eigenvalue weighted by atomic mass is 35.5. The molecule has 2 saturated heterocycles. The molecule has 2 aliphatic heterocycles. The van der Waals surface area contributed by atoms with Gasteiger partial charge in [-0.05, 0) is 0 Å². The lowest BCUT2D eigenvalue weighted by atomic mass is 10.6. The summed E-state index contributed by atoms with van der Waals surface area (Å²) in [7, 11) is 0. The average Bonchev–Trinajstić information content (AvgIpc) is 2.94. The van der Waals surface area contributed by atoms with Crippen molar-refractivity contribution in [1.29, 1.82) is 0 Å². The van der Waals surface area contributed by atoms with E-state index in [1.54, 1.807) is 9.80 Å². The molecule has 0 spiro atoms. The molecule has 4 amide bonds. The standard InChI is InChI=1S/C8H12ClN3O2/c9-1-2-10-5-6-12(7(10)13)8(14)11-3-4-11/h1-6H2. The lowest BCUT2D eigenvalue weighted by Gasteiger charge is -2.16. The molecule has 0 aliphatic carbocycles. The van der Waals surface area contributed by atoms with Crippen LogP contribution in [0, 0.1) is 0 Å². The summed E-state index contributed by atoms with van der Waals surface area (Å²) < 4.78 is 0. The highest BCUT2D eigenvalue weighted by Crippen LogP contribution is 2.15. The van der Waals surface area contributed by atoms with Crippen molar-refractivity contribution in [2.75, 3.05) is 38.6 Å². The van der Waals surface area contributed by atoms with Crippen molar-refractivity contribution >= 4 is 23.7 Å². The summed E-state index contributed by atoms with van der Waals surface area (Å²) in [6, 6.07) is -0.366. The Morgan fingerprint density at radius 2 is 2.00 bits per heavy atom. The molecular formula is C8H12ClN3O2. The second-order valence-corrected chi connectivity index (χ2v) is 3.76. The van der Waals surface area contributed by atoms with Crippen molar-refractivity contribution in [2.24, 2.45) is 0 Å². The van der Waals surface area contributed by atoms with Gasteiger partial charge in [0.2, 0.25) is 0 Å². The molecule has 0 radical (unpaired) electrons. The van der Waals surface area contributed by atoms with Crippen LogP contribution in [-0.2, 0) is 0 Å². The SMILES string of the molecule is O=C(N1CC1)N1CCN(CCCl)C1=O. The van der Waals surface area contributed by atoms with E-state index >= 15 is 0 Å². The van der Waals surface area contributed by atoms with E-state index in [9.17, 15) is 9.59 Å². The van der Waals surface area contributed by atoms with Crippen molar-refractivity contribution in [3.05, 3.63) is 0 Å². The molecule has 78 valence electrons. The molecule has 0 aromatic carbocycles. The molecule has 0 aromatic rings. The number of amides is 4. The van der Waals surface area contributed by atoms with Gasteiger partial charge >= 0.3 is 12.1 Å². The van der Waals surface area contributed by atoms with Gasteiger partial charge in [0.1, 0.15) is 0 Å². The normalized spacial score (nSPS) is 20.6. The summed E-state index contributed by atoms with van der Waals surface area (Å²) in [6.07, 6.45) is 0. The smallest absolute Gasteiger partial charge is 0.321 e. The van der Waals surface area contributed by atoms with E-state index < -0.39 is 0 Å². The number of carbonyl (C=O) groups is 2. The summed E-state index contributed by atoms with van der Waals surface area (Å²) in [6.45, 7) is 3.16. The zero-order valence-electron chi connectivity index (χ0n) is 7.78. The zero-order valence-corrected chi connectivity index (χ0v) is 8.53. The van der Waals surface area contributed by atoms with Crippen molar-refractivity contribution in [1.82, 2.24) is 14.7 Å². The van der Waals surface area contributed by atoms with Gasteiger partial charge in [0.25, 0.3) is 0 Å². The monoisotopic (exact) mass is 217 g/mol. The third-order valence-electron chi connectivity index (χ3n) is 2.40. The first-order valence-electron chi connectivity index (χ1n) is 4.65. The number of rotatable bonds is 2. The van der Waals surface area contributed by atoms with Crippen LogP contribution in [0.1, 0.15) is 0 Å². The van der Waals surface area contributed by atoms with Gasteiger partial charge in [-0.1, -0.05) is 0 Å². The van der Waals surface area contributed by atoms with Gasteiger partial charge in [0.05, 0.1) is 0 Å². The second kappa shape index (κ2) is 3.65. The van der Waals surface area contributed by atoms with Crippen LogP contribution in [0.4, 0.5) is 9.59 Å². The molecule has 0 unspecified atom stereocenters. The minimum atomic E-state index is -0.206. The molecule has 2 fully saturated rings. The Bertz CT molecular complexity index is 267. The van der Waals surface area contributed by atoms with Gasteiger partial charge < -0.3 is 9.80 Å². The van der Waals surface area contributed by atoms with Gasteiger partial charge in [0.15, 0.2) is 0 Å². The first kappa shape index (κ1) is 9.58. The maximum Gasteiger partial charge on any atom is 0.328 e. The van der Waals surface area contributed by atoms with E-state index in [1.165, 1.54) is 4.90 Å². The molecule has 0 aromatic heterocycles. The molecule has 2 heterocycles. The number of alkyl halides is 1. The fourth-order valence-corrected chi connectivity index (χ4v) is 1.69. The van der Waals surface area contributed by atoms with Crippen molar-refractivity contribution in [3.8, 4) is 0 Å². The van der Waals surface area contributed by atoms with Crippen LogP contribution >= 0.6 is 11.6 Å². The van der Waals surface area contributed by atoms with Gasteiger partial charge in [-0.3, -0.25) is 0 Å². The maximum absolute atomic E-state index is 11.6. The Labute approximate surface area is 87.2 Å². The summed E-state index contributed by atoms with van der Waals surface area (Å²) in [5.74, 6) is 0.414. The van der Waals surface area contributed by atoms with E-state index in [4.69, 9.17) is 11.6 Å². The Hall–Kier alpha value is -0.970. The first-order chi connectivity index (χ1) is 6.74. The van der Waals surface area contributed by atoms with Crippen molar-refractivity contribution < 1.29 is 9.59 Å². The number of urea groups is 2. The molecule has 14 heavy (non-hydrogen) atoms. The second-order valence-electron chi connectivity index (χ2n) is 3.38. The Kier molecular flexibility index (Phi) is 2.50. The number of imide groups is 1. The number of hydrogen-bond acceptors (Lipinski definition) is 2. The summed E-state index contributed by atoms with van der Waals surface area (Å²) >= 11 is 5.54. The molecule has 2 rings (SSSR count). The largest absolute Gasteiger partial charge is 0.328 e. The van der Waals surface area contributed by atoms with Crippen LogP contribution in [0.25, 0.3) is 0 Å². The first-order valence-corrected chi connectivity index (χ1v) is 5.19. The Balaban J connectivity index is 1.95. The lowest BCUT2D eigenvalue weighted by Crippen LogP contribution is -2.39. The van der Waals surface area contributed by atoms with Crippen molar-refractivity contribution in [2.45, 2.75) is 0 Å². The van der Waals surface area contributed by atoms with Gasteiger partial charge in [-0.15, -0.1) is 11.6 Å². The molecular weight excluding hydrogens is 206 g/mol. The molecule has 5 nitrogen and oxygen atoms in total. The molecule has 2 aliphatic rings. The highest BCUT2D eigenvalue weighted by Gasteiger charge is 2.38. The van der Waals surface area contributed by atoms with Gasteiger partial charge in [-0.2, -0.15) is 0 Å². The quantitative estimate of drug-likeness (QED) is 0.497. The fourth-order valence-electron chi connectivity index (χ4n) is 1.48.